The molecular weight excluding hydrogens is 429 g/mol. The Labute approximate surface area is 181 Å². The highest BCUT2D eigenvalue weighted by Crippen LogP contribution is 2.30. The van der Waals surface area contributed by atoms with Crippen LogP contribution in [0.2, 0.25) is 10.0 Å². The molecule has 146 valence electrons. The maximum absolute atomic E-state index is 12.8. The van der Waals surface area contributed by atoms with Crippen molar-refractivity contribution >= 4 is 63.6 Å². The third kappa shape index (κ3) is 4.32. The van der Waals surface area contributed by atoms with Crippen molar-refractivity contribution in [1.82, 2.24) is 14.5 Å². The summed E-state index contributed by atoms with van der Waals surface area (Å²) >= 11 is 13.7. The lowest BCUT2D eigenvalue weighted by Gasteiger charge is -2.08. The fourth-order valence-corrected chi connectivity index (χ4v) is 3.95. The van der Waals surface area contributed by atoms with Crippen molar-refractivity contribution in [2.45, 2.75) is 4.90 Å². The zero-order chi connectivity index (χ0) is 20.4. The van der Waals surface area contributed by atoms with E-state index in [0.717, 1.165) is 15.8 Å². The van der Waals surface area contributed by atoms with Gasteiger partial charge in [0.15, 0.2) is 0 Å². The minimum Gasteiger partial charge on any atom is -0.340 e. The smallest absolute Gasteiger partial charge is 0.272 e. The van der Waals surface area contributed by atoms with Crippen LogP contribution < -0.4 is 10.0 Å². The Hall–Kier alpha value is -2.74. The largest absolute Gasteiger partial charge is 0.340 e. The zero-order valence-electron chi connectivity index (χ0n) is 15.2. The van der Waals surface area contributed by atoms with Crippen LogP contribution in [0.3, 0.4) is 0 Å². The first-order valence-corrected chi connectivity index (χ1v) is 10.1. The minimum atomic E-state index is -0.230. The van der Waals surface area contributed by atoms with Gasteiger partial charge in [-0.3, -0.25) is 9.52 Å². The highest BCUT2D eigenvalue weighted by Gasteiger charge is 2.16. The van der Waals surface area contributed by atoms with Crippen molar-refractivity contribution in [2.75, 3.05) is 10.0 Å². The number of rotatable bonds is 5. The molecule has 0 aliphatic heterocycles. The van der Waals surface area contributed by atoms with E-state index in [4.69, 9.17) is 23.2 Å². The number of halogens is 2. The molecule has 2 heterocycles. The lowest BCUT2D eigenvalue weighted by molar-refractivity contribution is 0.102. The Balaban J connectivity index is 1.47. The quantitative estimate of drug-likeness (QED) is 0.390. The average molecular weight is 444 g/mol. The lowest BCUT2D eigenvalue weighted by atomic mass is 10.2. The molecule has 2 aromatic heterocycles. The SMILES string of the molecule is Cn1c(C(=O)Nc2ccc(SNc3ncccn3)cc2)cc2c(Cl)cc(Cl)cc21. The summed E-state index contributed by atoms with van der Waals surface area (Å²) in [5.41, 5.74) is 1.98. The Bertz CT molecular complexity index is 1180. The van der Waals surface area contributed by atoms with E-state index in [1.54, 1.807) is 48.3 Å². The number of carbonyl (C=O) groups is 1. The van der Waals surface area contributed by atoms with Gasteiger partial charge in [-0.1, -0.05) is 23.2 Å². The number of hydrogen-bond donors (Lipinski definition) is 2. The summed E-state index contributed by atoms with van der Waals surface area (Å²) in [4.78, 5) is 21.9. The van der Waals surface area contributed by atoms with Gasteiger partial charge < -0.3 is 9.88 Å². The van der Waals surface area contributed by atoms with E-state index in [1.807, 2.05) is 24.3 Å². The van der Waals surface area contributed by atoms with Gasteiger partial charge >= 0.3 is 0 Å². The molecular formula is C20H15Cl2N5OS. The second kappa shape index (κ2) is 8.32. The lowest BCUT2D eigenvalue weighted by Crippen LogP contribution is -2.15. The van der Waals surface area contributed by atoms with Crippen molar-refractivity contribution in [3.8, 4) is 0 Å². The number of amides is 1. The number of fused-ring (bicyclic) bond motifs is 1. The first kappa shape index (κ1) is 19.6. The third-order valence-electron chi connectivity index (χ3n) is 4.25. The molecule has 0 radical (unpaired) electrons. The summed E-state index contributed by atoms with van der Waals surface area (Å²) in [7, 11) is 1.81. The summed E-state index contributed by atoms with van der Waals surface area (Å²) in [6, 6.07) is 14.4. The molecule has 0 aliphatic carbocycles. The number of benzene rings is 2. The van der Waals surface area contributed by atoms with E-state index in [1.165, 1.54) is 11.9 Å². The van der Waals surface area contributed by atoms with Gasteiger partial charge in [0.1, 0.15) is 5.69 Å². The van der Waals surface area contributed by atoms with Crippen molar-refractivity contribution in [1.29, 1.82) is 0 Å². The van der Waals surface area contributed by atoms with Crippen LogP contribution in [0.25, 0.3) is 10.9 Å². The molecule has 0 aliphatic rings. The number of nitrogens with zero attached hydrogens (tertiary/aromatic N) is 3. The third-order valence-corrected chi connectivity index (χ3v) is 5.57. The molecule has 0 saturated heterocycles. The summed E-state index contributed by atoms with van der Waals surface area (Å²) in [6.07, 6.45) is 3.34. The van der Waals surface area contributed by atoms with Gasteiger partial charge in [-0.2, -0.15) is 0 Å². The van der Waals surface area contributed by atoms with Crippen molar-refractivity contribution in [3.05, 3.63) is 76.7 Å². The second-order valence-electron chi connectivity index (χ2n) is 6.16. The highest BCUT2D eigenvalue weighted by molar-refractivity contribution is 8.00. The summed E-state index contributed by atoms with van der Waals surface area (Å²) in [5.74, 6) is 0.302. The standard InChI is InChI=1S/C20H15Cl2N5OS/c1-27-17-10-12(21)9-16(22)15(17)11-18(27)19(28)25-13-3-5-14(6-4-13)29-26-20-23-7-2-8-24-20/h2-11H,1H3,(H,25,28)(H,23,24,26). The molecule has 4 aromatic rings. The Morgan fingerprint density at radius 2 is 1.79 bits per heavy atom. The molecule has 2 aromatic carbocycles. The van der Waals surface area contributed by atoms with Crippen molar-refractivity contribution in [3.63, 3.8) is 0 Å². The predicted octanol–water partition coefficient (Wildman–Crippen LogP) is 5.65. The van der Waals surface area contributed by atoms with E-state index < -0.39 is 0 Å². The monoisotopic (exact) mass is 443 g/mol. The van der Waals surface area contributed by atoms with Gasteiger partial charge in [0.25, 0.3) is 5.91 Å². The summed E-state index contributed by atoms with van der Waals surface area (Å²) in [6.45, 7) is 0. The molecule has 1 amide bonds. The fourth-order valence-electron chi connectivity index (χ4n) is 2.83. The number of aromatic nitrogens is 3. The molecule has 29 heavy (non-hydrogen) atoms. The molecule has 4 rings (SSSR count). The normalized spacial score (nSPS) is 10.9. The maximum atomic E-state index is 12.8. The zero-order valence-corrected chi connectivity index (χ0v) is 17.5. The van der Waals surface area contributed by atoms with Crippen LogP contribution >= 0.6 is 35.1 Å². The molecule has 0 fully saturated rings. The molecule has 9 heteroatoms. The van der Waals surface area contributed by atoms with Crippen LogP contribution in [-0.2, 0) is 7.05 Å². The second-order valence-corrected chi connectivity index (χ2v) is 7.89. The van der Waals surface area contributed by atoms with E-state index in [2.05, 4.69) is 20.0 Å². The van der Waals surface area contributed by atoms with Gasteiger partial charge in [0, 0.05) is 40.4 Å². The molecule has 2 N–H and O–H groups in total. The number of aryl methyl sites for hydroxylation is 1. The van der Waals surface area contributed by atoms with Gasteiger partial charge in [0.05, 0.1) is 10.5 Å². The van der Waals surface area contributed by atoms with Crippen LogP contribution in [0.15, 0.2) is 65.8 Å². The summed E-state index contributed by atoms with van der Waals surface area (Å²) < 4.78 is 4.83. The first-order chi connectivity index (χ1) is 14.0. The van der Waals surface area contributed by atoms with Crippen molar-refractivity contribution < 1.29 is 4.79 Å². The molecule has 0 atom stereocenters. The van der Waals surface area contributed by atoms with Crippen LogP contribution in [0, 0.1) is 0 Å². The number of carbonyl (C=O) groups excluding carboxylic acids is 1. The number of anilines is 2. The molecule has 6 nitrogen and oxygen atoms in total. The Morgan fingerprint density at radius 3 is 2.52 bits per heavy atom. The molecule has 0 bridgehead atoms. The topological polar surface area (TPSA) is 71.8 Å². The fraction of sp³-hybridized carbons (Fsp3) is 0.0500. The number of hydrogen-bond acceptors (Lipinski definition) is 5. The van der Waals surface area contributed by atoms with E-state index >= 15 is 0 Å². The van der Waals surface area contributed by atoms with E-state index in [-0.39, 0.29) is 5.91 Å². The summed E-state index contributed by atoms with van der Waals surface area (Å²) in [5, 5.41) is 4.73. The van der Waals surface area contributed by atoms with Crippen molar-refractivity contribution in [2.24, 2.45) is 7.05 Å². The van der Waals surface area contributed by atoms with Gasteiger partial charge in [-0.15, -0.1) is 0 Å². The predicted molar refractivity (Wildman–Crippen MR) is 119 cm³/mol. The van der Waals surface area contributed by atoms with Crippen LogP contribution in [0.4, 0.5) is 11.6 Å². The number of nitrogens with one attached hydrogen (secondary N) is 2. The van der Waals surface area contributed by atoms with Crippen LogP contribution in [-0.4, -0.2) is 20.4 Å². The maximum Gasteiger partial charge on any atom is 0.272 e. The van der Waals surface area contributed by atoms with E-state index in [9.17, 15) is 4.79 Å². The minimum absolute atomic E-state index is 0.230. The Morgan fingerprint density at radius 1 is 1.07 bits per heavy atom. The molecule has 0 unspecified atom stereocenters. The molecule has 0 spiro atoms. The highest BCUT2D eigenvalue weighted by atomic mass is 35.5. The van der Waals surface area contributed by atoms with Gasteiger partial charge in [-0.05, 0) is 60.5 Å². The van der Waals surface area contributed by atoms with Crippen LogP contribution in [0.5, 0.6) is 0 Å². The molecule has 0 saturated carbocycles. The van der Waals surface area contributed by atoms with E-state index in [0.29, 0.717) is 27.4 Å². The average Bonchev–Trinajstić information content (AvgIpc) is 3.05. The van der Waals surface area contributed by atoms with Gasteiger partial charge in [-0.25, -0.2) is 9.97 Å². The van der Waals surface area contributed by atoms with Gasteiger partial charge in [0.2, 0.25) is 5.95 Å². The first-order valence-electron chi connectivity index (χ1n) is 8.57. The van der Waals surface area contributed by atoms with Crippen LogP contribution in [0.1, 0.15) is 10.5 Å². The Kier molecular flexibility index (Phi) is 5.62.